The van der Waals surface area contributed by atoms with Crippen LogP contribution in [0.2, 0.25) is 0 Å². The van der Waals surface area contributed by atoms with Crippen molar-refractivity contribution in [3.63, 3.8) is 0 Å². The molecule has 3 N–H and O–H groups in total. The number of hydrogen-bond donors (Lipinski definition) is 2. The van der Waals surface area contributed by atoms with Crippen molar-refractivity contribution < 1.29 is 10.0 Å². The normalized spacial score (nSPS) is 29.9. The van der Waals surface area contributed by atoms with Gasteiger partial charge in [-0.25, -0.2) is 0 Å². The first-order chi connectivity index (χ1) is 8.22. The fraction of sp³-hybridized carbons (Fsp3) is 0.833. The van der Waals surface area contributed by atoms with Gasteiger partial charge >= 0.3 is 0 Å². The highest BCUT2D eigenvalue weighted by Crippen LogP contribution is 2.35. The van der Waals surface area contributed by atoms with Crippen LogP contribution in [0.1, 0.15) is 44.9 Å². The second kappa shape index (κ2) is 5.38. The first-order valence-electron chi connectivity index (χ1n) is 6.48. The minimum absolute atomic E-state index is 0.00735. The summed E-state index contributed by atoms with van der Waals surface area (Å²) in [5.74, 6) is 0.693. The molecule has 0 aromatic carbocycles. The lowest BCUT2D eigenvalue weighted by molar-refractivity contribution is -0.136. The molecule has 1 heterocycles. The summed E-state index contributed by atoms with van der Waals surface area (Å²) in [5, 5.41) is 11.4. The summed E-state index contributed by atoms with van der Waals surface area (Å²) in [6.45, 7) is 0.832. The van der Waals surface area contributed by atoms with Crippen LogP contribution < -0.4 is 5.73 Å². The highest BCUT2D eigenvalue weighted by Gasteiger charge is 2.35. The van der Waals surface area contributed by atoms with E-state index in [4.69, 9.17) is 10.9 Å². The van der Waals surface area contributed by atoms with Gasteiger partial charge in [0.05, 0.1) is 6.42 Å². The average molecular weight is 239 g/mol. The third-order valence-electron chi connectivity index (χ3n) is 4.02. The maximum atomic E-state index is 12.1. The summed E-state index contributed by atoms with van der Waals surface area (Å²) in [7, 11) is 0. The monoisotopic (exact) mass is 239 g/mol. The summed E-state index contributed by atoms with van der Waals surface area (Å²) in [4.78, 5) is 14.0. The Morgan fingerprint density at radius 3 is 2.76 bits per heavy atom. The molecular formula is C12H21N3O2. The van der Waals surface area contributed by atoms with Gasteiger partial charge in [-0.05, 0) is 31.6 Å². The molecule has 5 heteroatoms. The number of rotatable bonds is 2. The minimum Gasteiger partial charge on any atom is -0.409 e. The smallest absolute Gasteiger partial charge is 0.230 e. The van der Waals surface area contributed by atoms with Crippen LogP contribution in [0.5, 0.6) is 0 Å². The molecule has 1 aliphatic carbocycles. The number of piperidine rings is 1. The van der Waals surface area contributed by atoms with E-state index in [1.807, 2.05) is 4.90 Å². The second-order valence-electron chi connectivity index (χ2n) is 5.11. The van der Waals surface area contributed by atoms with Crippen molar-refractivity contribution in [2.24, 2.45) is 16.8 Å². The number of carbonyl (C=O) groups excluding carboxylic acids is 1. The maximum Gasteiger partial charge on any atom is 0.230 e. The highest BCUT2D eigenvalue weighted by molar-refractivity contribution is 5.98. The van der Waals surface area contributed by atoms with Crippen molar-refractivity contribution in [1.82, 2.24) is 4.90 Å². The van der Waals surface area contributed by atoms with E-state index >= 15 is 0 Å². The van der Waals surface area contributed by atoms with E-state index in [0.717, 1.165) is 19.4 Å². The number of likely N-dealkylation sites (tertiary alicyclic amines) is 1. The number of hydrogen-bond acceptors (Lipinski definition) is 3. The van der Waals surface area contributed by atoms with Gasteiger partial charge in [0.1, 0.15) is 5.84 Å². The fourth-order valence-corrected chi connectivity index (χ4v) is 3.23. The number of amidine groups is 1. The third-order valence-corrected chi connectivity index (χ3v) is 4.02. The molecule has 2 aliphatic rings. The predicted molar refractivity (Wildman–Crippen MR) is 64.7 cm³/mol. The van der Waals surface area contributed by atoms with Crippen LogP contribution in [0.3, 0.4) is 0 Å². The van der Waals surface area contributed by atoms with Crippen LogP contribution in [-0.4, -0.2) is 34.4 Å². The van der Waals surface area contributed by atoms with E-state index in [1.165, 1.54) is 25.7 Å². The Hall–Kier alpha value is -1.26. The summed E-state index contributed by atoms with van der Waals surface area (Å²) in [6, 6.07) is 0.400. The molecule has 1 aliphatic heterocycles. The largest absolute Gasteiger partial charge is 0.409 e. The molecule has 0 radical (unpaired) electrons. The van der Waals surface area contributed by atoms with Gasteiger partial charge in [-0.2, -0.15) is 0 Å². The molecule has 2 atom stereocenters. The number of amides is 1. The Morgan fingerprint density at radius 2 is 2.00 bits per heavy atom. The molecule has 1 saturated heterocycles. The molecule has 0 aromatic heterocycles. The highest BCUT2D eigenvalue weighted by atomic mass is 16.4. The number of nitrogens with two attached hydrogens (primary N) is 1. The van der Waals surface area contributed by atoms with Crippen molar-refractivity contribution in [2.75, 3.05) is 6.54 Å². The lowest BCUT2D eigenvalue weighted by Gasteiger charge is -2.44. The van der Waals surface area contributed by atoms with Crippen LogP contribution in [0.25, 0.3) is 0 Å². The van der Waals surface area contributed by atoms with Crippen molar-refractivity contribution in [2.45, 2.75) is 51.0 Å². The van der Waals surface area contributed by atoms with E-state index in [1.54, 1.807) is 0 Å². The van der Waals surface area contributed by atoms with Crippen LogP contribution in [0.4, 0.5) is 0 Å². The Labute approximate surface area is 102 Å². The fourth-order valence-electron chi connectivity index (χ4n) is 3.23. The van der Waals surface area contributed by atoms with Gasteiger partial charge in [-0.15, -0.1) is 0 Å². The zero-order chi connectivity index (χ0) is 12.3. The van der Waals surface area contributed by atoms with Crippen molar-refractivity contribution in [3.05, 3.63) is 0 Å². The Bertz CT molecular complexity index is 315. The summed E-state index contributed by atoms with van der Waals surface area (Å²) >= 11 is 0. The molecule has 0 aromatic rings. The Kier molecular flexibility index (Phi) is 3.86. The molecule has 0 spiro atoms. The molecule has 0 bridgehead atoms. The zero-order valence-electron chi connectivity index (χ0n) is 10.1. The number of carbonyl (C=O) groups is 1. The molecular weight excluding hydrogens is 218 g/mol. The first kappa shape index (κ1) is 12.2. The second-order valence-corrected chi connectivity index (χ2v) is 5.11. The Morgan fingerprint density at radius 1 is 1.29 bits per heavy atom. The van der Waals surface area contributed by atoms with Crippen LogP contribution in [0, 0.1) is 5.92 Å². The van der Waals surface area contributed by atoms with Crippen LogP contribution in [0.15, 0.2) is 5.16 Å². The third kappa shape index (κ3) is 2.70. The molecule has 1 amide bonds. The van der Waals surface area contributed by atoms with Gasteiger partial charge in [0.25, 0.3) is 0 Å². The van der Waals surface area contributed by atoms with Gasteiger partial charge in [-0.3, -0.25) is 4.79 Å². The van der Waals surface area contributed by atoms with Gasteiger partial charge < -0.3 is 15.8 Å². The summed E-state index contributed by atoms with van der Waals surface area (Å²) < 4.78 is 0. The molecule has 2 unspecified atom stereocenters. The van der Waals surface area contributed by atoms with Crippen molar-refractivity contribution in [1.29, 1.82) is 0 Å². The zero-order valence-corrected chi connectivity index (χ0v) is 10.1. The van der Waals surface area contributed by atoms with Gasteiger partial charge in [0.15, 0.2) is 0 Å². The molecule has 2 fully saturated rings. The number of nitrogens with zero attached hydrogens (tertiary/aromatic N) is 2. The van der Waals surface area contributed by atoms with E-state index < -0.39 is 0 Å². The standard InChI is InChI=1S/C12H21N3O2/c13-11(14-17)8-12(16)15-7-3-5-9-4-1-2-6-10(9)15/h9-10,17H,1-8H2,(H2,13,14). The quantitative estimate of drug-likeness (QED) is 0.330. The maximum absolute atomic E-state index is 12.1. The number of oxime groups is 1. The first-order valence-corrected chi connectivity index (χ1v) is 6.48. The van der Waals surface area contributed by atoms with Gasteiger partial charge in [-0.1, -0.05) is 18.0 Å². The molecule has 1 saturated carbocycles. The summed E-state index contributed by atoms with van der Waals surface area (Å²) in [5.41, 5.74) is 5.40. The van der Waals surface area contributed by atoms with Crippen molar-refractivity contribution >= 4 is 11.7 Å². The van der Waals surface area contributed by atoms with E-state index in [-0.39, 0.29) is 18.2 Å². The Balaban J connectivity index is 2.00. The molecule has 2 rings (SSSR count). The van der Waals surface area contributed by atoms with E-state index in [0.29, 0.717) is 12.0 Å². The van der Waals surface area contributed by atoms with E-state index in [2.05, 4.69) is 5.16 Å². The van der Waals surface area contributed by atoms with Crippen LogP contribution in [-0.2, 0) is 4.79 Å². The van der Waals surface area contributed by atoms with Crippen molar-refractivity contribution in [3.8, 4) is 0 Å². The average Bonchev–Trinajstić information content (AvgIpc) is 2.37. The lowest BCUT2D eigenvalue weighted by Crippen LogP contribution is -2.50. The SMILES string of the molecule is N/C(CC(=O)N1CCCC2CCCCC21)=N\O. The predicted octanol–water partition coefficient (Wildman–Crippen LogP) is 1.30. The molecule has 5 nitrogen and oxygen atoms in total. The topological polar surface area (TPSA) is 78.9 Å². The molecule has 17 heavy (non-hydrogen) atoms. The van der Waals surface area contributed by atoms with Gasteiger partial charge in [0, 0.05) is 12.6 Å². The number of fused-ring (bicyclic) bond motifs is 1. The lowest BCUT2D eigenvalue weighted by atomic mass is 9.78. The summed E-state index contributed by atoms with van der Waals surface area (Å²) in [6.07, 6.45) is 7.25. The van der Waals surface area contributed by atoms with E-state index in [9.17, 15) is 4.79 Å². The minimum atomic E-state index is 0.00735. The molecule has 96 valence electrons. The van der Waals surface area contributed by atoms with Gasteiger partial charge in [0.2, 0.25) is 5.91 Å². The van der Waals surface area contributed by atoms with Crippen LogP contribution >= 0.6 is 0 Å².